The van der Waals surface area contributed by atoms with Crippen LogP contribution in [0.3, 0.4) is 0 Å². The van der Waals surface area contributed by atoms with Gasteiger partial charge in [-0.3, -0.25) is 10.1 Å². The van der Waals surface area contributed by atoms with E-state index in [0.717, 1.165) is 0 Å². The average molecular weight is 200 g/mol. The number of nitrogens with one attached hydrogen (secondary N) is 2. The Balaban J connectivity index is 0.000000324. The first-order chi connectivity index (χ1) is 5.88. The molecule has 1 aromatic carbocycles. The second kappa shape index (κ2) is 6.02. The number of aromatic amines is 1. The summed E-state index contributed by atoms with van der Waals surface area (Å²) in [7, 11) is 0. The van der Waals surface area contributed by atoms with Crippen molar-refractivity contribution in [2.45, 2.75) is 0 Å². The minimum absolute atomic E-state index is 0. The van der Waals surface area contributed by atoms with E-state index in [-0.39, 0.29) is 17.7 Å². The van der Waals surface area contributed by atoms with Gasteiger partial charge in [0.1, 0.15) is 0 Å². The van der Waals surface area contributed by atoms with Gasteiger partial charge < -0.3 is 17.4 Å². The summed E-state index contributed by atoms with van der Waals surface area (Å²) in [4.78, 5) is 11.2. The molecule has 1 aromatic heterocycles. The van der Waals surface area contributed by atoms with Crippen LogP contribution in [0.4, 0.5) is 0 Å². The van der Waals surface area contributed by atoms with Crippen molar-refractivity contribution >= 4 is 10.9 Å². The Morgan fingerprint density at radius 2 is 1.85 bits per heavy atom. The maximum atomic E-state index is 8.12. The van der Waals surface area contributed by atoms with Gasteiger partial charge in [0, 0.05) is 17.1 Å². The molecule has 0 amide bonds. The van der Waals surface area contributed by atoms with Crippen LogP contribution in [0.1, 0.15) is 0 Å². The van der Waals surface area contributed by atoms with E-state index in [2.05, 4.69) is 23.2 Å². The number of aromatic nitrogens is 1. The first kappa shape index (κ1) is 11.4. The Labute approximate surface area is 80.9 Å². The summed E-state index contributed by atoms with van der Waals surface area (Å²) < 4.78 is 0. The lowest BCUT2D eigenvalue weighted by atomic mass is 10.3. The van der Waals surface area contributed by atoms with Crippen molar-refractivity contribution in [3.8, 4) is 0 Å². The summed E-state index contributed by atoms with van der Waals surface area (Å²) in [6.07, 6.45) is 1.95. The van der Waals surface area contributed by atoms with E-state index in [9.17, 15) is 0 Å². The van der Waals surface area contributed by atoms with E-state index >= 15 is 0 Å². The Hall–Kier alpha value is -1.55. The van der Waals surface area contributed by atoms with Gasteiger partial charge in [-0.1, -0.05) is 18.2 Å². The number of halogens is 1. The predicted molar refractivity (Wildman–Crippen MR) is 46.0 cm³/mol. The molecular weight excluding hydrogens is 192 g/mol. The number of para-hydroxylation sites is 1. The monoisotopic (exact) mass is 199 g/mol. The third-order valence-corrected chi connectivity index (χ3v) is 1.46. The van der Waals surface area contributed by atoms with Crippen LogP contribution in [0.2, 0.25) is 0 Å². The van der Waals surface area contributed by atoms with Gasteiger partial charge in [0.15, 0.2) is 0 Å². The van der Waals surface area contributed by atoms with Crippen molar-refractivity contribution in [3.05, 3.63) is 46.6 Å². The molecule has 0 aliphatic heterocycles. The molecule has 2 N–H and O–H groups in total. The number of fused-ring (bicyclic) bond motifs is 1. The quantitative estimate of drug-likeness (QED) is 0.364. The lowest BCUT2D eigenvalue weighted by Crippen LogP contribution is -3.00. The summed E-state index contributed by atoms with van der Waals surface area (Å²) in [5.74, 6) is 0. The van der Waals surface area contributed by atoms with Crippen molar-refractivity contribution in [1.82, 2.24) is 4.98 Å². The smallest absolute Gasteiger partial charge is 0.0453 e. The van der Waals surface area contributed by atoms with Crippen LogP contribution in [0, 0.1) is 10.1 Å². The van der Waals surface area contributed by atoms with Crippen molar-refractivity contribution in [2.24, 2.45) is 0 Å². The zero-order chi connectivity index (χ0) is 8.81. The molecule has 2 aromatic rings. The predicted octanol–water partition coefficient (Wildman–Crippen LogP) is -2.50. The van der Waals surface area contributed by atoms with Crippen molar-refractivity contribution < 1.29 is 17.7 Å². The third-order valence-electron chi connectivity index (χ3n) is 1.46. The van der Waals surface area contributed by atoms with E-state index in [1.165, 1.54) is 10.9 Å². The molecule has 0 bridgehead atoms. The Kier molecular flexibility index (Phi) is 5.30. The van der Waals surface area contributed by atoms with Crippen LogP contribution in [0.15, 0.2) is 36.5 Å². The highest BCUT2D eigenvalue weighted by Gasteiger charge is 1.86. The first-order valence-electron chi connectivity index (χ1n) is 3.40. The number of H-pyrrole nitrogens is 1. The highest BCUT2D eigenvalue weighted by molar-refractivity contribution is 5.78. The van der Waals surface area contributed by atoms with Crippen LogP contribution >= 0.6 is 0 Å². The zero-order valence-electron chi connectivity index (χ0n) is 6.66. The van der Waals surface area contributed by atoms with E-state index in [1.807, 2.05) is 18.3 Å². The van der Waals surface area contributed by atoms with E-state index in [0.29, 0.717) is 0 Å². The maximum Gasteiger partial charge on any atom is 0.0453 e. The van der Waals surface area contributed by atoms with E-state index in [1.54, 1.807) is 0 Å². The SMILES string of the molecule is O=[NH+][O-].[Cl-].c1ccc2[nH]ccc2c1. The molecule has 5 heteroatoms. The second-order valence-corrected chi connectivity index (χ2v) is 2.15. The lowest BCUT2D eigenvalue weighted by Gasteiger charge is -1.83. The van der Waals surface area contributed by atoms with Crippen LogP contribution in [-0.2, 0) is 0 Å². The van der Waals surface area contributed by atoms with Gasteiger partial charge in [-0.2, -0.15) is 0 Å². The molecule has 0 saturated heterocycles. The Morgan fingerprint density at radius 3 is 2.46 bits per heavy atom. The fourth-order valence-electron chi connectivity index (χ4n) is 0.995. The molecule has 4 nitrogen and oxygen atoms in total. The van der Waals surface area contributed by atoms with Gasteiger partial charge in [-0.15, -0.1) is 0 Å². The maximum absolute atomic E-state index is 8.12. The minimum Gasteiger partial charge on any atom is -1.00 e. The number of hydrogen-bond acceptors (Lipinski definition) is 2. The van der Waals surface area contributed by atoms with Crippen LogP contribution in [0.25, 0.3) is 10.9 Å². The molecule has 13 heavy (non-hydrogen) atoms. The molecule has 0 atom stereocenters. The molecule has 0 aliphatic carbocycles. The highest BCUT2D eigenvalue weighted by atomic mass is 35.5. The van der Waals surface area contributed by atoms with Gasteiger partial charge in [-0.05, 0) is 17.5 Å². The Bertz CT molecular complexity index is 331. The molecule has 0 aliphatic rings. The molecule has 0 fully saturated rings. The largest absolute Gasteiger partial charge is 1.00 e. The molecule has 0 unspecified atom stereocenters. The first-order valence-corrected chi connectivity index (χ1v) is 3.40. The van der Waals surface area contributed by atoms with Gasteiger partial charge in [0.25, 0.3) is 0 Å². The molecule has 0 spiro atoms. The fraction of sp³-hybridized carbons (Fsp3) is 0. The standard InChI is InChI=1S/C8H7N.ClH.HNO2/c1-2-4-8-7(3-1)5-6-9-8;;2-1-3/h1-6,9H;1H;1H/p-1. The van der Waals surface area contributed by atoms with Crippen molar-refractivity contribution in [3.63, 3.8) is 0 Å². The fourth-order valence-corrected chi connectivity index (χ4v) is 0.995. The summed E-state index contributed by atoms with van der Waals surface area (Å²) >= 11 is 0. The summed E-state index contributed by atoms with van der Waals surface area (Å²) in [6.45, 7) is 0. The number of hydrogen-bond donors (Lipinski definition) is 2. The van der Waals surface area contributed by atoms with Gasteiger partial charge in [-0.25, -0.2) is 0 Å². The van der Waals surface area contributed by atoms with Crippen molar-refractivity contribution in [1.29, 1.82) is 0 Å². The van der Waals surface area contributed by atoms with Crippen LogP contribution < -0.4 is 17.7 Å². The second-order valence-electron chi connectivity index (χ2n) is 2.15. The van der Waals surface area contributed by atoms with E-state index < -0.39 is 0 Å². The average Bonchev–Trinajstić information content (AvgIpc) is 2.52. The number of rotatable bonds is 0. The molecule has 0 saturated carbocycles. The lowest BCUT2D eigenvalue weighted by molar-refractivity contribution is -0.398. The van der Waals surface area contributed by atoms with Gasteiger partial charge >= 0.3 is 0 Å². The number of benzene rings is 1. The molecule has 0 radical (unpaired) electrons. The molecular formula is C8H8ClN2O2-. The zero-order valence-corrected chi connectivity index (χ0v) is 7.41. The summed E-state index contributed by atoms with van der Waals surface area (Å²) in [5.41, 5.74) is 1.21. The highest BCUT2D eigenvalue weighted by Crippen LogP contribution is 2.09. The van der Waals surface area contributed by atoms with Crippen LogP contribution in [0.5, 0.6) is 0 Å². The van der Waals surface area contributed by atoms with Gasteiger partial charge in [0.2, 0.25) is 0 Å². The Morgan fingerprint density at radius 1 is 1.23 bits per heavy atom. The topological polar surface area (TPSA) is 69.9 Å². The molecule has 2 rings (SSSR count). The van der Waals surface area contributed by atoms with E-state index in [4.69, 9.17) is 10.1 Å². The summed E-state index contributed by atoms with van der Waals surface area (Å²) in [5, 5.41) is 9.65. The van der Waals surface area contributed by atoms with Crippen LogP contribution in [-0.4, -0.2) is 4.98 Å². The summed E-state index contributed by atoms with van der Waals surface area (Å²) in [6, 6.07) is 10.3. The van der Waals surface area contributed by atoms with Gasteiger partial charge in [0.05, 0.1) is 0 Å². The van der Waals surface area contributed by atoms with Crippen molar-refractivity contribution in [2.75, 3.05) is 0 Å². The molecule has 1 heterocycles. The molecule has 70 valence electrons. The normalized spacial score (nSPS) is 8.00. The minimum atomic E-state index is 0. The third kappa shape index (κ3) is 3.13.